The third kappa shape index (κ3) is 3.95. The van der Waals surface area contributed by atoms with Gasteiger partial charge in [0.05, 0.1) is 11.5 Å². The van der Waals surface area contributed by atoms with Crippen molar-refractivity contribution in [2.75, 3.05) is 24.6 Å². The van der Waals surface area contributed by atoms with Crippen LogP contribution in [0.2, 0.25) is 5.02 Å². The average Bonchev–Trinajstić information content (AvgIpc) is 2.53. The van der Waals surface area contributed by atoms with Crippen LogP contribution in [0, 0.1) is 0 Å². The van der Waals surface area contributed by atoms with Crippen molar-refractivity contribution < 1.29 is 8.42 Å². The highest BCUT2D eigenvalue weighted by Crippen LogP contribution is 2.26. The molecule has 2 atom stereocenters. The molecule has 6 heteroatoms. The van der Waals surface area contributed by atoms with Crippen LogP contribution < -0.4 is 5.73 Å². The molecule has 1 fully saturated rings. The maximum atomic E-state index is 11.7. The number of sulfone groups is 1. The highest BCUT2D eigenvalue weighted by molar-refractivity contribution is 7.91. The van der Waals surface area contributed by atoms with E-state index in [4.69, 9.17) is 17.3 Å². The molecule has 0 spiro atoms. The van der Waals surface area contributed by atoms with Crippen LogP contribution in [-0.2, 0) is 9.84 Å². The molecule has 2 N–H and O–H groups in total. The van der Waals surface area contributed by atoms with Crippen molar-refractivity contribution in [3.05, 3.63) is 34.9 Å². The molecule has 20 heavy (non-hydrogen) atoms. The molecule has 1 aromatic carbocycles. The summed E-state index contributed by atoms with van der Waals surface area (Å²) in [7, 11) is -2.90. The molecule has 0 aliphatic carbocycles. The van der Waals surface area contributed by atoms with Gasteiger partial charge in [-0.05, 0) is 37.6 Å². The fraction of sp³-hybridized carbons (Fsp3) is 0.571. The van der Waals surface area contributed by atoms with Gasteiger partial charge < -0.3 is 5.73 Å². The Labute approximate surface area is 125 Å². The van der Waals surface area contributed by atoms with E-state index < -0.39 is 9.84 Å². The van der Waals surface area contributed by atoms with Gasteiger partial charge in [0.2, 0.25) is 0 Å². The summed E-state index contributed by atoms with van der Waals surface area (Å²) in [5.41, 5.74) is 7.22. The Morgan fingerprint density at radius 3 is 2.45 bits per heavy atom. The Kier molecular flexibility index (Phi) is 5.07. The Bertz CT molecular complexity index is 543. The first-order valence-electron chi connectivity index (χ1n) is 6.84. The van der Waals surface area contributed by atoms with E-state index in [9.17, 15) is 8.42 Å². The SMILES string of the molecule is CC(N)C(c1ccc(Cl)cc1)N1CCCS(=O)(=O)CC1. The van der Waals surface area contributed by atoms with Crippen LogP contribution in [0.4, 0.5) is 0 Å². The quantitative estimate of drug-likeness (QED) is 0.924. The summed E-state index contributed by atoms with van der Waals surface area (Å²) >= 11 is 5.92. The molecule has 0 radical (unpaired) electrons. The molecule has 1 heterocycles. The molecule has 4 nitrogen and oxygen atoms in total. The van der Waals surface area contributed by atoms with Gasteiger partial charge >= 0.3 is 0 Å². The third-order valence-corrected chi connectivity index (χ3v) is 5.66. The van der Waals surface area contributed by atoms with E-state index in [0.717, 1.165) is 12.1 Å². The van der Waals surface area contributed by atoms with Crippen LogP contribution in [0.5, 0.6) is 0 Å². The molecule has 2 rings (SSSR count). The Hall–Kier alpha value is -0.620. The van der Waals surface area contributed by atoms with Gasteiger partial charge in [0.25, 0.3) is 0 Å². The third-order valence-electron chi connectivity index (χ3n) is 3.69. The lowest BCUT2D eigenvalue weighted by Crippen LogP contribution is -2.41. The summed E-state index contributed by atoms with van der Waals surface area (Å²) in [5.74, 6) is 0.486. The highest BCUT2D eigenvalue weighted by atomic mass is 35.5. The normalized spacial score (nSPS) is 22.9. The Morgan fingerprint density at radius 2 is 1.85 bits per heavy atom. The number of rotatable bonds is 3. The maximum absolute atomic E-state index is 11.7. The molecule has 1 aromatic rings. The van der Waals surface area contributed by atoms with Gasteiger partial charge in [-0.1, -0.05) is 23.7 Å². The smallest absolute Gasteiger partial charge is 0.151 e. The molecule has 2 unspecified atom stereocenters. The van der Waals surface area contributed by atoms with E-state index in [2.05, 4.69) is 4.90 Å². The van der Waals surface area contributed by atoms with Gasteiger partial charge in [0.15, 0.2) is 9.84 Å². The number of nitrogens with two attached hydrogens (primary N) is 1. The molecule has 0 saturated carbocycles. The van der Waals surface area contributed by atoms with Crippen molar-refractivity contribution in [1.82, 2.24) is 4.90 Å². The van der Waals surface area contributed by atoms with Gasteiger partial charge in [-0.3, -0.25) is 4.90 Å². The van der Waals surface area contributed by atoms with Crippen molar-refractivity contribution >= 4 is 21.4 Å². The number of benzene rings is 1. The Morgan fingerprint density at radius 1 is 1.20 bits per heavy atom. The van der Waals surface area contributed by atoms with Crippen molar-refractivity contribution in [3.8, 4) is 0 Å². The van der Waals surface area contributed by atoms with Crippen molar-refractivity contribution in [2.45, 2.75) is 25.4 Å². The molecule has 1 aliphatic rings. The van der Waals surface area contributed by atoms with Crippen LogP contribution >= 0.6 is 11.6 Å². The van der Waals surface area contributed by atoms with Gasteiger partial charge in [-0.25, -0.2) is 8.42 Å². The summed E-state index contributed by atoms with van der Waals surface area (Å²) in [6.45, 7) is 3.25. The summed E-state index contributed by atoms with van der Waals surface area (Å²) in [5, 5.41) is 0.690. The predicted molar refractivity (Wildman–Crippen MR) is 82.7 cm³/mol. The van der Waals surface area contributed by atoms with Gasteiger partial charge in [-0.15, -0.1) is 0 Å². The molecule has 112 valence electrons. The van der Waals surface area contributed by atoms with Crippen LogP contribution in [0.25, 0.3) is 0 Å². The number of hydrogen-bond acceptors (Lipinski definition) is 4. The fourth-order valence-electron chi connectivity index (χ4n) is 2.74. The minimum absolute atomic E-state index is 0.0283. The van der Waals surface area contributed by atoms with Crippen molar-refractivity contribution in [3.63, 3.8) is 0 Å². The summed E-state index contributed by atoms with van der Waals surface area (Å²) in [4.78, 5) is 2.18. The lowest BCUT2D eigenvalue weighted by molar-refractivity contribution is 0.190. The monoisotopic (exact) mass is 316 g/mol. The van der Waals surface area contributed by atoms with E-state index in [1.807, 2.05) is 31.2 Å². The first-order valence-corrected chi connectivity index (χ1v) is 9.04. The topological polar surface area (TPSA) is 63.4 Å². The lowest BCUT2D eigenvalue weighted by Gasteiger charge is -2.33. The van der Waals surface area contributed by atoms with E-state index in [-0.39, 0.29) is 23.6 Å². The molecule has 0 amide bonds. The second-order valence-corrected chi connectivity index (χ2v) is 8.14. The molecular formula is C14H21ClN2O2S. The highest BCUT2D eigenvalue weighted by Gasteiger charge is 2.28. The molecule has 0 aromatic heterocycles. The predicted octanol–water partition coefficient (Wildman–Crippen LogP) is 1.85. The average molecular weight is 317 g/mol. The molecule has 1 aliphatic heterocycles. The maximum Gasteiger partial charge on any atom is 0.151 e. The van der Waals surface area contributed by atoms with Crippen LogP contribution in [0.3, 0.4) is 0 Å². The summed E-state index contributed by atoms with van der Waals surface area (Å²) in [6.07, 6.45) is 0.666. The lowest BCUT2D eigenvalue weighted by atomic mass is 9.99. The Balaban J connectivity index is 2.22. The van der Waals surface area contributed by atoms with Crippen LogP contribution in [0.15, 0.2) is 24.3 Å². The second kappa shape index (κ2) is 6.43. The van der Waals surface area contributed by atoms with E-state index >= 15 is 0 Å². The standard InChI is InChI=1S/C14H21ClN2O2S/c1-11(16)14(12-3-5-13(15)6-4-12)17-7-2-9-20(18,19)10-8-17/h3-6,11,14H,2,7-10,16H2,1H3. The first-order chi connectivity index (χ1) is 9.39. The largest absolute Gasteiger partial charge is 0.326 e. The zero-order chi connectivity index (χ0) is 14.8. The summed E-state index contributed by atoms with van der Waals surface area (Å²) in [6, 6.07) is 7.59. The van der Waals surface area contributed by atoms with Crippen molar-refractivity contribution in [2.24, 2.45) is 5.73 Å². The minimum atomic E-state index is -2.90. The minimum Gasteiger partial charge on any atom is -0.326 e. The second-order valence-electron chi connectivity index (χ2n) is 5.40. The van der Waals surface area contributed by atoms with Crippen molar-refractivity contribution in [1.29, 1.82) is 0 Å². The van der Waals surface area contributed by atoms with Gasteiger partial charge in [0.1, 0.15) is 0 Å². The fourth-order valence-corrected chi connectivity index (χ4v) is 4.15. The van der Waals surface area contributed by atoms with E-state index in [1.54, 1.807) is 0 Å². The zero-order valence-electron chi connectivity index (χ0n) is 11.6. The summed E-state index contributed by atoms with van der Waals surface area (Å²) < 4.78 is 23.4. The first kappa shape index (κ1) is 15.8. The van der Waals surface area contributed by atoms with E-state index in [1.165, 1.54) is 0 Å². The van der Waals surface area contributed by atoms with Crippen LogP contribution in [0.1, 0.15) is 24.9 Å². The zero-order valence-corrected chi connectivity index (χ0v) is 13.2. The number of halogens is 1. The number of nitrogens with zero attached hydrogens (tertiary/aromatic N) is 1. The number of hydrogen-bond donors (Lipinski definition) is 1. The van der Waals surface area contributed by atoms with Crippen LogP contribution in [-0.4, -0.2) is 44.0 Å². The van der Waals surface area contributed by atoms with E-state index in [0.29, 0.717) is 18.0 Å². The molecular weight excluding hydrogens is 296 g/mol. The molecule has 1 saturated heterocycles. The molecule has 0 bridgehead atoms. The van der Waals surface area contributed by atoms with Gasteiger partial charge in [0, 0.05) is 23.7 Å². The van der Waals surface area contributed by atoms with Gasteiger partial charge in [-0.2, -0.15) is 0 Å².